The zero-order valence-corrected chi connectivity index (χ0v) is 12.3. The molecular weight excluding hydrogens is 270 g/mol. The van der Waals surface area contributed by atoms with Crippen molar-refractivity contribution in [2.45, 2.75) is 20.5 Å². The van der Waals surface area contributed by atoms with E-state index >= 15 is 0 Å². The van der Waals surface area contributed by atoms with Crippen LogP contribution in [0.15, 0.2) is 36.4 Å². The number of nitro benzene ring substituents is 1. The smallest absolute Gasteiger partial charge is 0.273 e. The second-order valence-electron chi connectivity index (χ2n) is 4.81. The fourth-order valence-corrected chi connectivity index (χ4v) is 2.00. The fraction of sp³-hybridized carbons (Fsp3) is 0.250. The Morgan fingerprint density at radius 1 is 1.10 bits per heavy atom. The summed E-state index contributed by atoms with van der Waals surface area (Å²) in [5.41, 5.74) is 3.36. The first-order valence-corrected chi connectivity index (χ1v) is 6.52. The molecule has 0 bridgehead atoms. The van der Waals surface area contributed by atoms with E-state index in [0.29, 0.717) is 18.1 Å². The lowest BCUT2D eigenvalue weighted by Crippen LogP contribution is -2.00. The highest BCUT2D eigenvalue weighted by Crippen LogP contribution is 2.31. The number of aryl methyl sites for hydroxylation is 2. The highest BCUT2D eigenvalue weighted by molar-refractivity contribution is 5.48. The van der Waals surface area contributed by atoms with Crippen LogP contribution in [0.4, 0.5) is 5.69 Å². The van der Waals surface area contributed by atoms with Gasteiger partial charge in [-0.2, -0.15) is 0 Å². The normalized spacial score (nSPS) is 10.2. The molecule has 0 N–H and O–H groups in total. The second-order valence-corrected chi connectivity index (χ2v) is 4.81. The minimum Gasteiger partial charge on any atom is -0.493 e. The third-order valence-corrected chi connectivity index (χ3v) is 3.25. The predicted molar refractivity (Wildman–Crippen MR) is 79.9 cm³/mol. The van der Waals surface area contributed by atoms with E-state index in [4.69, 9.17) is 9.47 Å². The molecule has 0 saturated heterocycles. The molecule has 0 heterocycles. The van der Waals surface area contributed by atoms with Gasteiger partial charge in [0.1, 0.15) is 6.61 Å². The van der Waals surface area contributed by atoms with Gasteiger partial charge in [0, 0.05) is 6.07 Å². The molecule has 5 heteroatoms. The summed E-state index contributed by atoms with van der Waals surface area (Å²) in [5.74, 6) is 0.846. The van der Waals surface area contributed by atoms with E-state index in [1.165, 1.54) is 19.2 Å². The number of nitro groups is 1. The number of ether oxygens (including phenoxy) is 2. The van der Waals surface area contributed by atoms with Crippen molar-refractivity contribution < 1.29 is 14.4 Å². The molecule has 0 aliphatic carbocycles. The zero-order valence-electron chi connectivity index (χ0n) is 12.3. The first kappa shape index (κ1) is 14.8. The number of methoxy groups -OCH3 is 1. The van der Waals surface area contributed by atoms with Gasteiger partial charge >= 0.3 is 0 Å². The van der Waals surface area contributed by atoms with Crippen molar-refractivity contribution in [1.29, 1.82) is 0 Å². The minimum absolute atomic E-state index is 0.0223. The number of benzene rings is 2. The number of nitrogens with zero attached hydrogens (tertiary/aromatic N) is 1. The van der Waals surface area contributed by atoms with Gasteiger partial charge in [0.05, 0.1) is 18.1 Å². The van der Waals surface area contributed by atoms with E-state index in [9.17, 15) is 10.1 Å². The number of hydrogen-bond acceptors (Lipinski definition) is 4. The van der Waals surface area contributed by atoms with E-state index in [1.54, 1.807) is 6.07 Å². The molecule has 2 aromatic carbocycles. The molecule has 0 atom stereocenters. The molecule has 2 aromatic rings. The first-order chi connectivity index (χ1) is 10.0. The van der Waals surface area contributed by atoms with Crippen molar-refractivity contribution in [2.75, 3.05) is 7.11 Å². The average molecular weight is 287 g/mol. The average Bonchev–Trinajstić information content (AvgIpc) is 2.47. The predicted octanol–water partition coefficient (Wildman–Crippen LogP) is 3.80. The van der Waals surface area contributed by atoms with Crippen LogP contribution in [0.1, 0.15) is 16.7 Å². The van der Waals surface area contributed by atoms with E-state index < -0.39 is 4.92 Å². The summed E-state index contributed by atoms with van der Waals surface area (Å²) in [4.78, 5) is 10.3. The van der Waals surface area contributed by atoms with Gasteiger partial charge in [-0.3, -0.25) is 10.1 Å². The zero-order chi connectivity index (χ0) is 15.4. The molecule has 0 unspecified atom stereocenters. The topological polar surface area (TPSA) is 61.6 Å². The van der Waals surface area contributed by atoms with Crippen molar-refractivity contribution in [3.8, 4) is 11.5 Å². The van der Waals surface area contributed by atoms with Crippen LogP contribution in [-0.4, -0.2) is 12.0 Å². The van der Waals surface area contributed by atoms with Gasteiger partial charge in [-0.15, -0.1) is 0 Å². The summed E-state index contributed by atoms with van der Waals surface area (Å²) in [7, 11) is 1.46. The van der Waals surface area contributed by atoms with Crippen molar-refractivity contribution in [1.82, 2.24) is 0 Å². The molecule has 0 amide bonds. The summed E-state index contributed by atoms with van der Waals surface area (Å²) >= 11 is 0. The van der Waals surface area contributed by atoms with Gasteiger partial charge in [-0.1, -0.05) is 23.8 Å². The van der Waals surface area contributed by atoms with Gasteiger partial charge in [0.15, 0.2) is 11.5 Å². The monoisotopic (exact) mass is 287 g/mol. The first-order valence-electron chi connectivity index (χ1n) is 6.52. The third kappa shape index (κ3) is 3.51. The van der Waals surface area contributed by atoms with Crippen LogP contribution in [-0.2, 0) is 6.61 Å². The van der Waals surface area contributed by atoms with Crippen LogP contribution in [0.3, 0.4) is 0 Å². The Morgan fingerprint density at radius 2 is 1.86 bits per heavy atom. The molecule has 0 fully saturated rings. The van der Waals surface area contributed by atoms with Gasteiger partial charge in [-0.25, -0.2) is 0 Å². The van der Waals surface area contributed by atoms with Gasteiger partial charge in [-0.05, 0) is 31.0 Å². The lowest BCUT2D eigenvalue weighted by atomic mass is 10.1. The Balaban J connectivity index is 2.19. The van der Waals surface area contributed by atoms with Crippen LogP contribution >= 0.6 is 0 Å². The summed E-state index contributed by atoms with van der Waals surface area (Å²) in [6, 6.07) is 10.5. The van der Waals surface area contributed by atoms with Crippen LogP contribution < -0.4 is 9.47 Å². The fourth-order valence-electron chi connectivity index (χ4n) is 2.00. The van der Waals surface area contributed by atoms with Crippen molar-refractivity contribution >= 4 is 5.69 Å². The van der Waals surface area contributed by atoms with Gasteiger partial charge in [0.25, 0.3) is 5.69 Å². The van der Waals surface area contributed by atoms with Crippen molar-refractivity contribution in [2.24, 2.45) is 0 Å². The molecule has 0 radical (unpaired) electrons. The largest absolute Gasteiger partial charge is 0.493 e. The van der Waals surface area contributed by atoms with Crippen LogP contribution in [0.5, 0.6) is 11.5 Å². The Bertz CT molecular complexity index is 667. The highest BCUT2D eigenvalue weighted by atomic mass is 16.6. The molecule has 110 valence electrons. The van der Waals surface area contributed by atoms with Crippen LogP contribution in [0.25, 0.3) is 0 Å². The summed E-state index contributed by atoms with van der Waals surface area (Å²) in [5, 5.41) is 10.8. The Morgan fingerprint density at radius 3 is 2.52 bits per heavy atom. The maximum absolute atomic E-state index is 10.8. The summed E-state index contributed by atoms with van der Waals surface area (Å²) in [6.07, 6.45) is 0. The van der Waals surface area contributed by atoms with Gasteiger partial charge in [0.2, 0.25) is 0 Å². The quantitative estimate of drug-likeness (QED) is 0.620. The van der Waals surface area contributed by atoms with Crippen LogP contribution in [0.2, 0.25) is 0 Å². The maximum atomic E-state index is 10.8. The lowest BCUT2D eigenvalue weighted by Gasteiger charge is -2.12. The second kappa shape index (κ2) is 6.26. The molecule has 0 aromatic heterocycles. The van der Waals surface area contributed by atoms with E-state index in [1.807, 2.05) is 26.0 Å². The molecule has 0 aliphatic rings. The molecule has 0 spiro atoms. The summed E-state index contributed by atoms with van der Waals surface area (Å²) in [6.45, 7) is 4.43. The molecule has 0 aliphatic heterocycles. The molecule has 0 saturated carbocycles. The minimum atomic E-state index is -0.461. The number of non-ortho nitro benzene ring substituents is 1. The standard InChI is InChI=1S/C16H17NO4/c1-11-4-5-12(2)13(8-11)10-21-15-7-6-14(17(18)19)9-16(15)20-3/h4-9H,10H2,1-3H3. The molecule has 21 heavy (non-hydrogen) atoms. The Kier molecular flexibility index (Phi) is 4.42. The van der Waals surface area contributed by atoms with E-state index in [-0.39, 0.29) is 5.69 Å². The molecule has 5 nitrogen and oxygen atoms in total. The number of hydrogen-bond donors (Lipinski definition) is 0. The van der Waals surface area contributed by atoms with E-state index in [0.717, 1.165) is 16.7 Å². The van der Waals surface area contributed by atoms with Crippen LogP contribution in [0, 0.1) is 24.0 Å². The number of rotatable bonds is 5. The Labute approximate surface area is 123 Å². The molecule has 2 rings (SSSR count). The molecular formula is C16H17NO4. The van der Waals surface area contributed by atoms with Crippen molar-refractivity contribution in [3.05, 3.63) is 63.2 Å². The Hall–Kier alpha value is -2.56. The van der Waals surface area contributed by atoms with Crippen molar-refractivity contribution in [3.63, 3.8) is 0 Å². The maximum Gasteiger partial charge on any atom is 0.273 e. The van der Waals surface area contributed by atoms with E-state index in [2.05, 4.69) is 6.07 Å². The SMILES string of the molecule is COc1cc([N+](=O)[O-])ccc1OCc1cc(C)ccc1C. The lowest BCUT2D eigenvalue weighted by molar-refractivity contribution is -0.385. The van der Waals surface area contributed by atoms with Gasteiger partial charge < -0.3 is 9.47 Å². The third-order valence-electron chi connectivity index (χ3n) is 3.25. The summed E-state index contributed by atoms with van der Waals surface area (Å²) < 4.78 is 10.9. The highest BCUT2D eigenvalue weighted by Gasteiger charge is 2.12.